The van der Waals surface area contributed by atoms with E-state index in [-0.39, 0.29) is 37.0 Å². The summed E-state index contributed by atoms with van der Waals surface area (Å²) < 4.78 is 21.3. The molecule has 4 amide bonds. The van der Waals surface area contributed by atoms with Gasteiger partial charge in [-0.15, -0.1) is 0 Å². The van der Waals surface area contributed by atoms with E-state index in [9.17, 15) is 33.9 Å². The van der Waals surface area contributed by atoms with Crippen molar-refractivity contribution in [2.45, 2.75) is 84.8 Å². The highest BCUT2D eigenvalue weighted by Crippen LogP contribution is 2.20. The predicted molar refractivity (Wildman–Crippen MR) is 183 cm³/mol. The summed E-state index contributed by atoms with van der Waals surface area (Å²) in [7, 11) is 0. The molecule has 278 valence electrons. The summed E-state index contributed by atoms with van der Waals surface area (Å²) in [6, 6.07) is 11.1. The Balaban J connectivity index is 1.71. The Labute approximate surface area is 297 Å². The van der Waals surface area contributed by atoms with E-state index in [2.05, 4.69) is 10.6 Å². The number of aliphatic hydroxyl groups excluding tert-OH is 1. The predicted octanol–water partition coefficient (Wildman–Crippen LogP) is 2.14. The number of ether oxygens (including phenoxy) is 4. The molecule has 1 aliphatic rings. The number of nitrogens with one attached hydrogen (secondary N) is 2. The Bertz CT molecular complexity index is 1520. The van der Waals surface area contributed by atoms with E-state index in [0.717, 1.165) is 5.56 Å². The van der Waals surface area contributed by atoms with Crippen LogP contribution in [0, 0.1) is 18.8 Å². The molecule has 15 heteroatoms. The van der Waals surface area contributed by atoms with E-state index in [0.29, 0.717) is 37.2 Å². The minimum absolute atomic E-state index is 0.0200. The number of piperidine rings is 1. The lowest BCUT2D eigenvalue weighted by Crippen LogP contribution is -2.54. The van der Waals surface area contributed by atoms with Gasteiger partial charge in [0, 0.05) is 32.4 Å². The van der Waals surface area contributed by atoms with Crippen molar-refractivity contribution in [2.24, 2.45) is 17.6 Å². The van der Waals surface area contributed by atoms with Crippen molar-refractivity contribution in [3.8, 4) is 11.5 Å². The minimum Gasteiger partial charge on any atom is -0.484 e. The molecule has 4 atom stereocenters. The molecule has 0 spiro atoms. The molecular weight excluding hydrogens is 664 g/mol. The van der Waals surface area contributed by atoms with Crippen molar-refractivity contribution in [3.63, 3.8) is 0 Å². The van der Waals surface area contributed by atoms with E-state index < -0.39 is 60.2 Å². The van der Waals surface area contributed by atoms with Crippen LogP contribution in [0.2, 0.25) is 0 Å². The van der Waals surface area contributed by atoms with Crippen molar-refractivity contribution in [2.75, 3.05) is 19.7 Å². The van der Waals surface area contributed by atoms with Gasteiger partial charge in [-0.3, -0.25) is 14.4 Å². The number of aryl methyl sites for hydroxylation is 1. The fourth-order valence-corrected chi connectivity index (χ4v) is 5.24. The number of carbonyl (C=O) groups excluding carboxylic acids is 6. The summed E-state index contributed by atoms with van der Waals surface area (Å²) in [5, 5.41) is 14.8. The van der Waals surface area contributed by atoms with E-state index >= 15 is 0 Å². The van der Waals surface area contributed by atoms with Gasteiger partial charge in [-0.05, 0) is 68.4 Å². The van der Waals surface area contributed by atoms with Crippen molar-refractivity contribution < 1.29 is 52.8 Å². The van der Waals surface area contributed by atoms with Gasteiger partial charge >= 0.3 is 18.0 Å². The van der Waals surface area contributed by atoms with Crippen molar-refractivity contribution in [1.82, 2.24) is 15.5 Å². The van der Waals surface area contributed by atoms with Crippen LogP contribution in [0.15, 0.2) is 48.5 Å². The zero-order valence-corrected chi connectivity index (χ0v) is 29.6. The fraction of sp³-hybridized carbons (Fsp3) is 0.500. The van der Waals surface area contributed by atoms with Gasteiger partial charge in [0.15, 0.2) is 6.61 Å². The maximum atomic E-state index is 13.6. The maximum Gasteiger partial charge on any atom is 0.415 e. The number of primary amides is 1. The molecule has 1 heterocycles. The molecule has 1 saturated heterocycles. The zero-order valence-electron chi connectivity index (χ0n) is 29.6. The monoisotopic (exact) mass is 712 g/mol. The first-order valence-electron chi connectivity index (χ1n) is 16.8. The second-order valence-electron chi connectivity index (χ2n) is 12.9. The van der Waals surface area contributed by atoms with E-state index in [1.54, 1.807) is 24.3 Å². The Morgan fingerprint density at radius 1 is 0.882 bits per heavy atom. The summed E-state index contributed by atoms with van der Waals surface area (Å²) in [6.07, 6.45) is -2.37. The number of aliphatic hydroxyl groups is 1. The Morgan fingerprint density at radius 2 is 1.51 bits per heavy atom. The van der Waals surface area contributed by atoms with Gasteiger partial charge in [0.2, 0.25) is 18.1 Å². The summed E-state index contributed by atoms with van der Waals surface area (Å²) in [5.41, 5.74) is 6.75. The summed E-state index contributed by atoms with van der Waals surface area (Å²) >= 11 is 0. The number of nitrogens with zero attached hydrogens (tertiary/aromatic N) is 1. The van der Waals surface area contributed by atoms with Crippen LogP contribution < -0.4 is 25.8 Å². The Hall–Kier alpha value is -5.18. The average molecular weight is 713 g/mol. The Morgan fingerprint density at radius 3 is 2.10 bits per heavy atom. The summed E-state index contributed by atoms with van der Waals surface area (Å²) in [5.74, 6) is -3.09. The standard InChI is InChI=1S/C36H48N4O11/c1-21(2)18-28(38-31(42)20-48-30-9-7-6-8-22(30)3)33(44)39-29(35(46)50-24(5)49-34(45)23(4)41)19-25-10-12-27(13-11-25)51-36(47)40-16-14-26(15-17-40)32(37)43/h6-13,21,23-24,26,28-29,41H,14-20H2,1-5H3,(H2,37,43)(H,38,42)(H,39,44)/t23?,24?,28?,29-/m0/s1. The lowest BCUT2D eigenvalue weighted by Gasteiger charge is -2.29. The van der Waals surface area contributed by atoms with Crippen molar-refractivity contribution in [3.05, 3.63) is 59.7 Å². The second-order valence-corrected chi connectivity index (χ2v) is 12.9. The van der Waals surface area contributed by atoms with Crippen LogP contribution in [0.3, 0.4) is 0 Å². The molecule has 51 heavy (non-hydrogen) atoms. The largest absolute Gasteiger partial charge is 0.484 e. The molecule has 3 unspecified atom stereocenters. The highest BCUT2D eigenvalue weighted by molar-refractivity contribution is 5.91. The number of likely N-dealkylation sites (tertiary alicyclic amines) is 1. The molecule has 3 rings (SSSR count). The molecule has 5 N–H and O–H groups in total. The number of esters is 2. The van der Waals surface area contributed by atoms with Gasteiger partial charge in [0.05, 0.1) is 0 Å². The fourth-order valence-electron chi connectivity index (χ4n) is 5.24. The Kier molecular flexibility index (Phi) is 15.2. The van der Waals surface area contributed by atoms with Crippen LogP contribution >= 0.6 is 0 Å². The SMILES string of the molecule is Cc1ccccc1OCC(=O)NC(CC(C)C)C(=O)N[C@@H](Cc1ccc(OC(=O)N2CCC(C(N)=O)CC2)cc1)C(=O)OC(C)OC(=O)C(C)O. The molecule has 1 aliphatic heterocycles. The van der Waals surface area contributed by atoms with Crippen molar-refractivity contribution >= 4 is 35.8 Å². The van der Waals surface area contributed by atoms with Gasteiger partial charge < -0.3 is 45.3 Å². The third kappa shape index (κ3) is 13.2. The van der Waals surface area contributed by atoms with Gasteiger partial charge in [-0.25, -0.2) is 14.4 Å². The summed E-state index contributed by atoms with van der Waals surface area (Å²) in [4.78, 5) is 77.2. The first kappa shape index (κ1) is 40.3. The molecule has 0 radical (unpaired) electrons. The third-order valence-electron chi connectivity index (χ3n) is 8.04. The molecule has 0 aliphatic carbocycles. The molecule has 2 aromatic carbocycles. The topological polar surface area (TPSA) is 213 Å². The highest BCUT2D eigenvalue weighted by Gasteiger charge is 2.31. The van der Waals surface area contributed by atoms with Gasteiger partial charge in [-0.2, -0.15) is 0 Å². The molecule has 0 aromatic heterocycles. The molecule has 15 nitrogen and oxygen atoms in total. The van der Waals surface area contributed by atoms with E-state index in [1.807, 2.05) is 32.9 Å². The van der Waals surface area contributed by atoms with Crippen LogP contribution in [0.4, 0.5) is 4.79 Å². The van der Waals surface area contributed by atoms with Crippen molar-refractivity contribution in [1.29, 1.82) is 0 Å². The average Bonchev–Trinajstić information content (AvgIpc) is 3.07. The number of para-hydroxylation sites is 1. The number of benzene rings is 2. The smallest absolute Gasteiger partial charge is 0.415 e. The maximum absolute atomic E-state index is 13.6. The molecule has 0 bridgehead atoms. The van der Waals surface area contributed by atoms with Gasteiger partial charge in [0.25, 0.3) is 5.91 Å². The molecule has 2 aromatic rings. The quantitative estimate of drug-likeness (QED) is 0.146. The lowest BCUT2D eigenvalue weighted by atomic mass is 9.97. The second kappa shape index (κ2) is 19.3. The molecule has 1 fully saturated rings. The molecular formula is C36H48N4O11. The molecule has 0 saturated carbocycles. The number of hydrogen-bond acceptors (Lipinski definition) is 11. The van der Waals surface area contributed by atoms with E-state index in [1.165, 1.54) is 30.9 Å². The highest BCUT2D eigenvalue weighted by atomic mass is 16.7. The number of rotatable bonds is 16. The minimum atomic E-state index is -1.45. The first-order chi connectivity index (χ1) is 24.1. The zero-order chi connectivity index (χ0) is 37.7. The van der Waals surface area contributed by atoms with Crippen LogP contribution in [0.1, 0.15) is 58.1 Å². The van der Waals surface area contributed by atoms with E-state index in [4.69, 9.17) is 24.7 Å². The van der Waals surface area contributed by atoms with Crippen LogP contribution in [0.25, 0.3) is 0 Å². The normalized spacial score (nSPS) is 15.5. The van der Waals surface area contributed by atoms with Crippen LogP contribution in [-0.2, 0) is 39.9 Å². The number of amides is 4. The third-order valence-corrected chi connectivity index (χ3v) is 8.04. The first-order valence-corrected chi connectivity index (χ1v) is 16.8. The number of nitrogens with two attached hydrogens (primary N) is 1. The van der Waals surface area contributed by atoms with Gasteiger partial charge in [0.1, 0.15) is 29.7 Å². The van der Waals surface area contributed by atoms with Crippen LogP contribution in [0.5, 0.6) is 11.5 Å². The lowest BCUT2D eigenvalue weighted by molar-refractivity contribution is -0.191. The number of hydrogen-bond donors (Lipinski definition) is 4. The summed E-state index contributed by atoms with van der Waals surface area (Å²) in [6.45, 7) is 8.39. The number of carbonyl (C=O) groups is 6. The van der Waals surface area contributed by atoms with Crippen LogP contribution in [-0.4, -0.2) is 89.9 Å². The van der Waals surface area contributed by atoms with Gasteiger partial charge in [-0.1, -0.05) is 44.2 Å².